The first kappa shape index (κ1) is 41.1. The SMILES string of the molecule is NC(=O)c1ccc(CN(C(=O)c2cc(-c3cc4c(cc3C(=O)N3Cc5ccccc5C[C@H]3CN3CCOCC3)OCO4)n3c2CCCC3)c2ccc(OCc3ccccc3)cc2)cc1. The molecule has 4 aliphatic rings. The molecule has 326 valence electrons. The Morgan fingerprint density at radius 3 is 2.25 bits per heavy atom. The van der Waals surface area contributed by atoms with Crippen LogP contribution in [0.15, 0.2) is 121 Å². The van der Waals surface area contributed by atoms with Gasteiger partial charge < -0.3 is 39.0 Å². The Kier molecular flexibility index (Phi) is 11.6. The van der Waals surface area contributed by atoms with Crippen molar-refractivity contribution >= 4 is 23.4 Å². The molecule has 3 amide bonds. The van der Waals surface area contributed by atoms with E-state index in [-0.39, 0.29) is 31.2 Å². The van der Waals surface area contributed by atoms with E-state index in [9.17, 15) is 4.79 Å². The average molecular weight is 858 g/mol. The number of benzene rings is 5. The van der Waals surface area contributed by atoms with E-state index in [2.05, 4.69) is 27.7 Å². The topological polar surface area (TPSA) is 129 Å². The highest BCUT2D eigenvalue weighted by Gasteiger charge is 2.36. The van der Waals surface area contributed by atoms with Gasteiger partial charge in [0, 0.05) is 67.0 Å². The molecule has 1 saturated heterocycles. The van der Waals surface area contributed by atoms with Gasteiger partial charge in [0.15, 0.2) is 11.5 Å². The van der Waals surface area contributed by atoms with E-state index in [0.29, 0.717) is 84.5 Å². The van der Waals surface area contributed by atoms with Crippen LogP contribution in [0.1, 0.15) is 71.9 Å². The molecular formula is C52H51N5O7. The van der Waals surface area contributed by atoms with Gasteiger partial charge in [0.2, 0.25) is 12.7 Å². The summed E-state index contributed by atoms with van der Waals surface area (Å²) < 4.78 is 25.9. The molecular weight excluding hydrogens is 807 g/mol. The predicted octanol–water partition coefficient (Wildman–Crippen LogP) is 7.64. The quantitative estimate of drug-likeness (QED) is 0.133. The first-order valence-electron chi connectivity index (χ1n) is 22.2. The lowest BCUT2D eigenvalue weighted by molar-refractivity contribution is 0.0193. The van der Waals surface area contributed by atoms with Crippen molar-refractivity contribution in [2.45, 2.75) is 58.0 Å². The molecule has 0 aliphatic carbocycles. The maximum absolute atomic E-state index is 15.3. The minimum absolute atomic E-state index is 0.0575. The molecule has 0 unspecified atom stereocenters. The van der Waals surface area contributed by atoms with E-state index in [0.717, 1.165) is 67.0 Å². The van der Waals surface area contributed by atoms with Crippen LogP contribution in [-0.2, 0) is 43.8 Å². The average Bonchev–Trinajstić information content (AvgIpc) is 3.97. The zero-order chi connectivity index (χ0) is 43.6. The van der Waals surface area contributed by atoms with Crippen LogP contribution in [0.25, 0.3) is 11.3 Å². The molecule has 5 aromatic carbocycles. The number of primary amides is 1. The molecule has 12 heteroatoms. The molecule has 2 N–H and O–H groups in total. The number of anilines is 1. The molecule has 64 heavy (non-hydrogen) atoms. The molecule has 0 saturated carbocycles. The molecule has 0 radical (unpaired) electrons. The van der Waals surface area contributed by atoms with Crippen molar-refractivity contribution in [3.8, 4) is 28.5 Å². The van der Waals surface area contributed by atoms with E-state index in [1.165, 1.54) is 5.56 Å². The van der Waals surface area contributed by atoms with Crippen LogP contribution >= 0.6 is 0 Å². The van der Waals surface area contributed by atoms with Crippen LogP contribution in [0.3, 0.4) is 0 Å². The van der Waals surface area contributed by atoms with Crippen molar-refractivity contribution < 1.29 is 33.3 Å². The summed E-state index contributed by atoms with van der Waals surface area (Å²) in [5.74, 6) is 0.990. The highest BCUT2D eigenvalue weighted by molar-refractivity contribution is 6.09. The maximum atomic E-state index is 15.3. The third-order valence-electron chi connectivity index (χ3n) is 12.9. The fourth-order valence-electron chi connectivity index (χ4n) is 9.49. The first-order chi connectivity index (χ1) is 31.4. The van der Waals surface area contributed by atoms with Gasteiger partial charge >= 0.3 is 0 Å². The molecule has 4 aliphatic heterocycles. The van der Waals surface area contributed by atoms with Crippen LogP contribution in [0.2, 0.25) is 0 Å². The van der Waals surface area contributed by atoms with Crippen molar-refractivity contribution in [2.24, 2.45) is 5.73 Å². The zero-order valence-corrected chi connectivity index (χ0v) is 35.7. The Balaban J connectivity index is 1.02. The molecule has 6 aromatic rings. The number of ether oxygens (including phenoxy) is 4. The summed E-state index contributed by atoms with van der Waals surface area (Å²) in [6.45, 7) is 5.63. The second-order valence-corrected chi connectivity index (χ2v) is 16.9. The second-order valence-electron chi connectivity index (χ2n) is 16.9. The predicted molar refractivity (Wildman–Crippen MR) is 243 cm³/mol. The summed E-state index contributed by atoms with van der Waals surface area (Å²) in [6, 6.07) is 38.6. The van der Waals surface area contributed by atoms with Crippen LogP contribution in [0.4, 0.5) is 5.69 Å². The third-order valence-corrected chi connectivity index (χ3v) is 12.9. The Morgan fingerprint density at radius 1 is 0.750 bits per heavy atom. The summed E-state index contributed by atoms with van der Waals surface area (Å²) in [6.07, 6.45) is 3.31. The van der Waals surface area contributed by atoms with Crippen molar-refractivity contribution in [1.29, 1.82) is 0 Å². The summed E-state index contributed by atoms with van der Waals surface area (Å²) in [7, 11) is 0. The number of fused-ring (bicyclic) bond motifs is 3. The maximum Gasteiger partial charge on any atom is 0.260 e. The summed E-state index contributed by atoms with van der Waals surface area (Å²) in [5.41, 5.74) is 14.4. The van der Waals surface area contributed by atoms with E-state index in [1.807, 2.05) is 95.9 Å². The number of amides is 3. The molecule has 0 bridgehead atoms. The number of hydrogen-bond acceptors (Lipinski definition) is 8. The van der Waals surface area contributed by atoms with Crippen molar-refractivity contribution in [3.63, 3.8) is 0 Å². The third kappa shape index (κ3) is 8.46. The van der Waals surface area contributed by atoms with Gasteiger partial charge in [-0.15, -0.1) is 0 Å². The number of rotatable bonds is 12. The number of aromatic nitrogens is 1. The Labute approximate surface area is 372 Å². The Bertz CT molecular complexity index is 2670. The number of nitrogens with zero attached hydrogens (tertiary/aromatic N) is 4. The van der Waals surface area contributed by atoms with Crippen LogP contribution in [0, 0.1) is 0 Å². The first-order valence-corrected chi connectivity index (χ1v) is 22.2. The van der Waals surface area contributed by atoms with Crippen LogP contribution in [0.5, 0.6) is 17.2 Å². The smallest absolute Gasteiger partial charge is 0.260 e. The molecule has 0 spiro atoms. The number of morpholine rings is 1. The number of carbonyl (C=O) groups excluding carboxylic acids is 3. The number of carbonyl (C=O) groups is 3. The highest BCUT2D eigenvalue weighted by atomic mass is 16.7. The van der Waals surface area contributed by atoms with E-state index in [4.69, 9.17) is 24.7 Å². The summed E-state index contributed by atoms with van der Waals surface area (Å²) >= 11 is 0. The standard InChI is InChI=1S/C52H51N5O7/c53-50(58)37-15-13-35(14-16-37)30-56(40-17-19-42(20-18-40)62-33-36-8-2-1-3-9-36)52(60)45-27-47(55-21-7-6-12-46(45)55)43-28-48-49(64-34-63-48)29-44(43)51(59)57-31-39-11-5-4-10-38(39)26-41(57)32-54-22-24-61-25-23-54/h1-5,8-11,13-20,27-29,41H,6-7,12,21-26,30-34H2,(H2,53,58)/t41-/m0/s1. The van der Waals surface area contributed by atoms with Crippen molar-refractivity contribution in [2.75, 3.05) is 44.5 Å². The molecule has 1 aromatic heterocycles. The van der Waals surface area contributed by atoms with Gasteiger partial charge in [-0.1, -0.05) is 66.7 Å². The Hall–Kier alpha value is -6.89. The van der Waals surface area contributed by atoms with Gasteiger partial charge in [-0.25, -0.2) is 0 Å². The van der Waals surface area contributed by atoms with Gasteiger partial charge in [0.25, 0.3) is 11.8 Å². The monoisotopic (exact) mass is 857 g/mol. The normalized spacial score (nSPS) is 16.8. The lowest BCUT2D eigenvalue weighted by Gasteiger charge is -2.40. The second kappa shape index (κ2) is 18.1. The lowest BCUT2D eigenvalue weighted by Crippen LogP contribution is -2.52. The molecule has 10 rings (SSSR count). The van der Waals surface area contributed by atoms with Gasteiger partial charge in [-0.2, -0.15) is 0 Å². The fraction of sp³-hybridized carbons (Fsp3) is 0.288. The van der Waals surface area contributed by atoms with Crippen molar-refractivity contribution in [3.05, 3.63) is 166 Å². The zero-order valence-electron chi connectivity index (χ0n) is 35.7. The Morgan fingerprint density at radius 2 is 1.48 bits per heavy atom. The highest BCUT2D eigenvalue weighted by Crippen LogP contribution is 2.42. The largest absolute Gasteiger partial charge is 0.489 e. The van der Waals surface area contributed by atoms with E-state index < -0.39 is 5.91 Å². The van der Waals surface area contributed by atoms with Crippen LogP contribution in [-0.4, -0.2) is 77.8 Å². The van der Waals surface area contributed by atoms with Gasteiger partial charge in [-0.05, 0) is 103 Å². The number of nitrogens with two attached hydrogens (primary N) is 1. The summed E-state index contributed by atoms with van der Waals surface area (Å²) in [4.78, 5) is 48.8. The van der Waals surface area contributed by atoms with Gasteiger partial charge in [-0.3, -0.25) is 19.3 Å². The van der Waals surface area contributed by atoms with E-state index >= 15 is 9.59 Å². The van der Waals surface area contributed by atoms with Gasteiger partial charge in [0.05, 0.1) is 30.9 Å². The molecule has 1 atom stereocenters. The molecule has 5 heterocycles. The van der Waals surface area contributed by atoms with Gasteiger partial charge in [0.1, 0.15) is 12.4 Å². The van der Waals surface area contributed by atoms with Crippen LogP contribution < -0.4 is 24.8 Å². The van der Waals surface area contributed by atoms with Crippen molar-refractivity contribution in [1.82, 2.24) is 14.4 Å². The number of hydrogen-bond donors (Lipinski definition) is 1. The molecule has 12 nitrogen and oxygen atoms in total. The fourth-order valence-corrected chi connectivity index (χ4v) is 9.49. The summed E-state index contributed by atoms with van der Waals surface area (Å²) in [5, 5.41) is 0. The minimum atomic E-state index is -0.516. The minimum Gasteiger partial charge on any atom is -0.489 e. The molecule has 1 fully saturated rings. The van der Waals surface area contributed by atoms with E-state index in [1.54, 1.807) is 17.0 Å². The lowest BCUT2D eigenvalue weighted by atomic mass is 9.92.